The van der Waals surface area contributed by atoms with Crippen LogP contribution in [0.1, 0.15) is 226 Å². The number of hydrogen-bond acceptors (Lipinski definition) is 8. The number of rotatable bonds is 46. The number of carbonyl (C=O) groups is 2. The quantitative estimate of drug-likeness (QED) is 0.0196. The number of ether oxygens (including phenoxy) is 2. The number of halogens is 1. The van der Waals surface area contributed by atoms with Gasteiger partial charge in [-0.3, -0.25) is 23.2 Å². The van der Waals surface area contributed by atoms with Crippen LogP contribution in [0.15, 0.2) is 0 Å². The summed E-state index contributed by atoms with van der Waals surface area (Å²) in [6, 6.07) is 0. The van der Waals surface area contributed by atoms with Gasteiger partial charge in [0.2, 0.25) is 6.54 Å². The van der Waals surface area contributed by atoms with Crippen LogP contribution < -0.4 is 12.4 Å². The number of phosphoric acid groups is 1. The number of carbonyl (C=O) groups excluding carboxylic acids is 2. The molecular formula is C48H94ClN2O8P. The third-order valence-corrected chi connectivity index (χ3v) is 12.3. The Morgan fingerprint density at radius 3 is 1.27 bits per heavy atom. The fraction of sp³-hybridized carbons (Fsp3) is 0.938. The predicted octanol–water partition coefficient (Wildman–Crippen LogP) is 11.1. The van der Waals surface area contributed by atoms with Crippen LogP contribution in [0.5, 0.6) is 0 Å². The molecule has 0 fully saturated rings. The third kappa shape index (κ3) is 44.8. The van der Waals surface area contributed by atoms with E-state index in [0.717, 1.165) is 49.6 Å². The fourth-order valence-electron chi connectivity index (χ4n) is 7.10. The van der Waals surface area contributed by atoms with E-state index in [1.807, 2.05) is 0 Å². The van der Waals surface area contributed by atoms with E-state index in [1.54, 1.807) is 0 Å². The molecule has 356 valence electrons. The zero-order chi connectivity index (χ0) is 43.6. The van der Waals surface area contributed by atoms with E-state index in [2.05, 4.69) is 39.8 Å². The van der Waals surface area contributed by atoms with Crippen molar-refractivity contribution >= 4 is 19.8 Å². The lowest BCUT2D eigenvalue weighted by Gasteiger charge is -2.25. The molecule has 0 saturated carbocycles. The molecule has 12 heteroatoms. The molecule has 2 atom stereocenters. The second-order valence-electron chi connectivity index (χ2n) is 17.9. The van der Waals surface area contributed by atoms with Gasteiger partial charge in [0.1, 0.15) is 13.2 Å². The summed E-state index contributed by atoms with van der Waals surface area (Å²) in [6.45, 7) is 11.9. The Kier molecular flexibility index (Phi) is 45.0. The van der Waals surface area contributed by atoms with Gasteiger partial charge in [-0.2, -0.15) is 0 Å². The highest BCUT2D eigenvalue weighted by Gasteiger charge is 2.30. The van der Waals surface area contributed by atoms with E-state index in [0.29, 0.717) is 12.8 Å². The molecule has 0 aromatic heterocycles. The maximum absolute atomic E-state index is 13.5. The Labute approximate surface area is 376 Å². The van der Waals surface area contributed by atoms with Gasteiger partial charge in [0.05, 0.1) is 40.9 Å². The van der Waals surface area contributed by atoms with Crippen molar-refractivity contribution in [1.82, 2.24) is 0 Å². The molecule has 0 bridgehead atoms. The number of phosphoric ester groups is 1. The Morgan fingerprint density at radius 1 is 0.517 bits per heavy atom. The molecule has 10 nitrogen and oxygen atoms in total. The lowest BCUT2D eigenvalue weighted by molar-refractivity contribution is -0.870. The molecular weight excluding hydrogens is 799 g/mol. The van der Waals surface area contributed by atoms with Crippen LogP contribution in [0, 0.1) is 6.57 Å². The van der Waals surface area contributed by atoms with Crippen molar-refractivity contribution in [3.05, 3.63) is 11.4 Å². The minimum Gasteiger partial charge on any atom is -1.00 e. The van der Waals surface area contributed by atoms with Gasteiger partial charge in [0, 0.05) is 19.3 Å². The summed E-state index contributed by atoms with van der Waals surface area (Å²) >= 11 is 0. The highest BCUT2D eigenvalue weighted by atomic mass is 35.5. The lowest BCUT2D eigenvalue weighted by atomic mass is 10.0. The van der Waals surface area contributed by atoms with Gasteiger partial charge < -0.3 is 31.2 Å². The first-order valence-electron chi connectivity index (χ1n) is 24.6. The first kappa shape index (κ1) is 60.9. The van der Waals surface area contributed by atoms with Gasteiger partial charge in [-0.15, -0.1) is 0 Å². The van der Waals surface area contributed by atoms with Crippen LogP contribution in [0.25, 0.3) is 4.85 Å². The van der Waals surface area contributed by atoms with Gasteiger partial charge in [-0.25, -0.2) is 11.1 Å². The third-order valence-electron chi connectivity index (χ3n) is 10.8. The van der Waals surface area contributed by atoms with Gasteiger partial charge in [-0.1, -0.05) is 194 Å². The average molecular weight is 894 g/mol. The summed E-state index contributed by atoms with van der Waals surface area (Å²) in [7, 11) is 2.11. The van der Waals surface area contributed by atoms with Gasteiger partial charge >= 0.3 is 19.8 Å². The Balaban J connectivity index is 0. The monoisotopic (exact) mass is 893 g/mol. The standard InChI is InChI=1S/C48H94N2O8P.ClH/c1-7-9-11-13-15-17-19-21-23-25-27-29-31-33-35-38-47(51)54-44-46(45-57-59(53,56-43-40-49-3)55-42-37-41-50(4,5)6)58-48(52)39-36-34-32-30-28-26-24-22-20-18-16-14-12-10-8-2;/h46H,7-45H2,1-2,4-6H3;1H/q+1;/p-1. The van der Waals surface area contributed by atoms with Gasteiger partial charge in [0.25, 0.3) is 0 Å². The number of nitrogens with zero attached hydrogens (tertiary/aromatic N) is 2. The van der Waals surface area contributed by atoms with Crippen LogP contribution >= 0.6 is 7.82 Å². The van der Waals surface area contributed by atoms with Crippen molar-refractivity contribution in [2.24, 2.45) is 0 Å². The molecule has 0 rings (SSSR count). The maximum atomic E-state index is 13.5. The summed E-state index contributed by atoms with van der Waals surface area (Å²) < 4.78 is 42.2. The molecule has 0 aliphatic rings. The molecule has 0 aliphatic heterocycles. The van der Waals surface area contributed by atoms with Crippen molar-refractivity contribution in [3.63, 3.8) is 0 Å². The zero-order valence-electron chi connectivity index (χ0n) is 39.6. The summed E-state index contributed by atoms with van der Waals surface area (Å²) in [6.07, 6.45) is 37.7. The Hall–Kier alpha value is -1.21. The molecule has 0 heterocycles. The van der Waals surface area contributed by atoms with Crippen LogP contribution in [0.4, 0.5) is 0 Å². The fourth-order valence-corrected chi connectivity index (χ4v) is 8.33. The predicted molar refractivity (Wildman–Crippen MR) is 244 cm³/mol. The average Bonchev–Trinajstić information content (AvgIpc) is 3.20. The summed E-state index contributed by atoms with van der Waals surface area (Å²) in [4.78, 5) is 28.9. The second-order valence-corrected chi connectivity index (χ2v) is 19.5. The second kappa shape index (κ2) is 44.4. The SMILES string of the molecule is [C-]#[N+]CCOP(=O)(OCCC[N+](C)(C)C)OCC(COC(=O)CCCCCCCCCCCCCCCCC)OC(=O)CCCCCCCCCCCCCCCCC.[Cl-]. The summed E-state index contributed by atoms with van der Waals surface area (Å²) in [5.74, 6) is -0.754. The van der Waals surface area contributed by atoms with E-state index in [9.17, 15) is 14.2 Å². The molecule has 2 unspecified atom stereocenters. The van der Waals surface area contributed by atoms with Crippen molar-refractivity contribution in [2.45, 2.75) is 232 Å². The zero-order valence-corrected chi connectivity index (χ0v) is 41.3. The van der Waals surface area contributed by atoms with E-state index in [1.165, 1.54) is 154 Å². The molecule has 0 aliphatic carbocycles. The van der Waals surface area contributed by atoms with E-state index in [-0.39, 0.29) is 57.8 Å². The smallest absolute Gasteiger partial charge is 0.475 e. The molecule has 0 spiro atoms. The number of esters is 2. The molecule has 0 saturated heterocycles. The van der Waals surface area contributed by atoms with E-state index < -0.39 is 19.9 Å². The van der Waals surface area contributed by atoms with Gasteiger partial charge in [-0.05, 0) is 12.8 Å². The van der Waals surface area contributed by atoms with E-state index in [4.69, 9.17) is 29.6 Å². The minimum absolute atomic E-state index is 0. The number of quaternary nitrogens is 1. The first-order chi connectivity index (χ1) is 28.5. The first-order valence-corrected chi connectivity index (χ1v) is 26.0. The van der Waals surface area contributed by atoms with Crippen LogP contribution in [0.3, 0.4) is 0 Å². The van der Waals surface area contributed by atoms with Crippen molar-refractivity contribution in [3.8, 4) is 0 Å². The molecule has 0 radical (unpaired) electrons. The molecule has 0 amide bonds. The Bertz CT molecular complexity index is 1050. The van der Waals surface area contributed by atoms with Crippen LogP contribution in [-0.2, 0) is 37.2 Å². The van der Waals surface area contributed by atoms with E-state index >= 15 is 0 Å². The highest BCUT2D eigenvalue weighted by Crippen LogP contribution is 2.49. The Morgan fingerprint density at radius 2 is 0.883 bits per heavy atom. The van der Waals surface area contributed by atoms with Crippen molar-refractivity contribution in [1.29, 1.82) is 0 Å². The maximum Gasteiger partial charge on any atom is 0.475 e. The molecule has 60 heavy (non-hydrogen) atoms. The van der Waals surface area contributed by atoms with Crippen molar-refractivity contribution < 1.29 is 54.1 Å². The molecule has 0 N–H and O–H groups in total. The highest BCUT2D eigenvalue weighted by molar-refractivity contribution is 7.48. The lowest BCUT2D eigenvalue weighted by Crippen LogP contribution is -3.00. The largest absolute Gasteiger partial charge is 1.00 e. The number of hydrogen-bond donors (Lipinski definition) is 0. The minimum atomic E-state index is -4.06. The molecule has 0 aromatic rings. The molecule has 0 aromatic carbocycles. The topological polar surface area (TPSA) is 102 Å². The summed E-state index contributed by atoms with van der Waals surface area (Å²) in [5, 5.41) is 0. The van der Waals surface area contributed by atoms with Gasteiger partial charge in [0.15, 0.2) is 6.10 Å². The van der Waals surface area contributed by atoms with Crippen molar-refractivity contribution in [2.75, 3.05) is 60.7 Å². The normalized spacial score (nSPS) is 13.0. The summed E-state index contributed by atoms with van der Waals surface area (Å²) in [5.41, 5.74) is 0. The number of unbranched alkanes of at least 4 members (excludes halogenated alkanes) is 28. The van der Waals surface area contributed by atoms with Crippen LogP contribution in [-0.4, -0.2) is 83.2 Å². The van der Waals surface area contributed by atoms with Crippen LogP contribution in [0.2, 0.25) is 0 Å².